The fraction of sp³-hybridized carbons (Fsp3) is 0.526. The maximum atomic E-state index is 14.6. The van der Waals surface area contributed by atoms with Gasteiger partial charge in [0, 0.05) is 36.1 Å². The third kappa shape index (κ3) is 9.08. The highest BCUT2D eigenvalue weighted by molar-refractivity contribution is 9.10. The summed E-state index contributed by atoms with van der Waals surface area (Å²) in [5, 5.41) is 24.0. The maximum Gasteiger partial charge on any atom is 0.281 e. The molecule has 2 amide bonds. The fourth-order valence-corrected chi connectivity index (χ4v) is 14.6. The molecule has 0 bridgehead atoms. The predicted molar refractivity (Wildman–Crippen MR) is 286 cm³/mol. The van der Waals surface area contributed by atoms with Crippen LogP contribution < -0.4 is 10.9 Å². The minimum Gasteiger partial charge on any atom is -0.391 e. The molecule has 5 aliphatic rings. The van der Waals surface area contributed by atoms with Crippen molar-refractivity contribution in [1.82, 2.24) is 44.6 Å². The molecular weight excluding hydrogens is 987 g/mol. The zero-order chi connectivity index (χ0) is 50.1. The van der Waals surface area contributed by atoms with Crippen LogP contribution in [0.3, 0.4) is 0 Å². The molecule has 11 rings (SSSR count). The van der Waals surface area contributed by atoms with Crippen LogP contribution in [0, 0.1) is 18.3 Å². The summed E-state index contributed by atoms with van der Waals surface area (Å²) in [4.78, 5) is 56.7. The van der Waals surface area contributed by atoms with Gasteiger partial charge in [0.2, 0.25) is 11.8 Å². The molecule has 2 N–H and O–H groups in total. The molecule has 4 atom stereocenters. The Balaban J connectivity index is 0.704. The number of rotatable bonds is 10. The summed E-state index contributed by atoms with van der Waals surface area (Å²) in [5.41, 5.74) is 9.82. The van der Waals surface area contributed by atoms with E-state index < -0.39 is 23.6 Å². The number of likely N-dealkylation sites (tertiary alicyclic amines) is 2. The number of hydrogen-bond donors (Lipinski definition) is 2. The number of fused-ring (bicyclic) bond motifs is 7. The van der Waals surface area contributed by atoms with E-state index in [9.17, 15) is 19.5 Å². The first-order valence-corrected chi connectivity index (χ1v) is 28.1. The number of aryl methyl sites for hydroxylation is 1. The third-order valence-electron chi connectivity index (χ3n) is 17.1. The number of benzene rings is 3. The second kappa shape index (κ2) is 19.6. The number of β-amino-alcohol motifs (C(OH)–C–C–N with tert-alkyl or cyclic N) is 1. The molecule has 0 unspecified atom stereocenters. The monoisotopic (exact) mass is 1050 g/mol. The Morgan fingerprint density at radius 3 is 2.42 bits per heavy atom. The molecule has 1 spiro atoms. The molecule has 2 saturated carbocycles. The number of carbonyl (C=O) groups is 2. The van der Waals surface area contributed by atoms with Gasteiger partial charge in [0.25, 0.3) is 5.56 Å². The zero-order valence-corrected chi connectivity index (χ0v) is 44.7. The highest BCUT2D eigenvalue weighted by atomic mass is 79.9. The molecular formula is C57H68BrN9O4S. The number of amides is 2. The molecule has 13 nitrogen and oxygen atoms in total. The van der Waals surface area contributed by atoms with E-state index in [1.807, 2.05) is 70.6 Å². The Hall–Kier alpha value is -5.09. The average Bonchev–Trinajstić information content (AvgIpc) is 4.18. The first-order chi connectivity index (χ1) is 34.7. The highest BCUT2D eigenvalue weighted by Crippen LogP contribution is 2.52. The summed E-state index contributed by atoms with van der Waals surface area (Å²) in [5.74, 6) is 1.82. The maximum absolute atomic E-state index is 14.6. The lowest BCUT2D eigenvalue weighted by Crippen LogP contribution is -2.50. The number of nitrogens with zero attached hydrogens (tertiary/aromatic N) is 8. The Morgan fingerprint density at radius 2 is 1.71 bits per heavy atom. The van der Waals surface area contributed by atoms with Crippen LogP contribution in [0.1, 0.15) is 163 Å². The van der Waals surface area contributed by atoms with Crippen LogP contribution in [-0.2, 0) is 15.0 Å². The number of halogens is 1. The van der Waals surface area contributed by atoms with Gasteiger partial charge in [0.1, 0.15) is 17.9 Å². The number of aromatic nitrogens is 6. The number of hydrogen-bond acceptors (Lipinski definition) is 10. The minimum atomic E-state index is -0.801. The van der Waals surface area contributed by atoms with Crippen molar-refractivity contribution in [3.63, 3.8) is 0 Å². The number of nitrogens with one attached hydrogen (secondary N) is 1. The molecule has 3 aromatic heterocycles. The second-order valence-electron chi connectivity index (χ2n) is 22.8. The molecule has 4 fully saturated rings. The van der Waals surface area contributed by atoms with E-state index >= 15 is 0 Å². The lowest BCUT2D eigenvalue weighted by atomic mass is 9.69. The van der Waals surface area contributed by atoms with Crippen molar-refractivity contribution in [2.24, 2.45) is 11.3 Å². The molecule has 72 heavy (non-hydrogen) atoms. The number of aliphatic hydroxyl groups excluding tert-OH is 1. The van der Waals surface area contributed by atoms with Crippen LogP contribution in [0.15, 0.2) is 81.6 Å². The molecule has 2 saturated heterocycles. The van der Waals surface area contributed by atoms with Gasteiger partial charge in [-0.05, 0) is 152 Å². The largest absolute Gasteiger partial charge is 0.391 e. The average molecular weight is 1060 g/mol. The van der Waals surface area contributed by atoms with E-state index in [1.54, 1.807) is 20.9 Å². The molecule has 3 aliphatic heterocycles. The van der Waals surface area contributed by atoms with Gasteiger partial charge in [-0.1, -0.05) is 87.7 Å². The fourth-order valence-electron chi connectivity index (χ4n) is 13.2. The van der Waals surface area contributed by atoms with Crippen LogP contribution in [0.2, 0.25) is 0 Å². The van der Waals surface area contributed by atoms with E-state index in [0.29, 0.717) is 17.2 Å². The van der Waals surface area contributed by atoms with Gasteiger partial charge < -0.3 is 20.2 Å². The van der Waals surface area contributed by atoms with Crippen molar-refractivity contribution in [2.75, 3.05) is 26.2 Å². The summed E-state index contributed by atoms with van der Waals surface area (Å²) >= 11 is 5.27. The smallest absolute Gasteiger partial charge is 0.281 e. The van der Waals surface area contributed by atoms with Gasteiger partial charge in [-0.3, -0.25) is 19.0 Å². The summed E-state index contributed by atoms with van der Waals surface area (Å²) < 4.78 is 4.84. The van der Waals surface area contributed by atoms with Crippen molar-refractivity contribution in [2.45, 2.75) is 153 Å². The topological polar surface area (TPSA) is 151 Å². The van der Waals surface area contributed by atoms with Crippen LogP contribution in [0.25, 0.3) is 27.0 Å². The lowest BCUT2D eigenvalue weighted by molar-refractivity contribution is -0.144. The van der Waals surface area contributed by atoms with Crippen molar-refractivity contribution < 1.29 is 14.7 Å². The van der Waals surface area contributed by atoms with Crippen LogP contribution in [0.5, 0.6) is 0 Å². The van der Waals surface area contributed by atoms with Gasteiger partial charge in [-0.15, -0.1) is 16.4 Å². The summed E-state index contributed by atoms with van der Waals surface area (Å²) in [7, 11) is 0. The zero-order valence-electron chi connectivity index (χ0n) is 42.3. The van der Waals surface area contributed by atoms with Gasteiger partial charge in [0.05, 0.1) is 55.9 Å². The first kappa shape index (κ1) is 49.1. The van der Waals surface area contributed by atoms with Crippen molar-refractivity contribution in [3.8, 4) is 16.1 Å². The normalized spacial score (nSPS) is 23.3. The van der Waals surface area contributed by atoms with E-state index in [2.05, 4.69) is 77.3 Å². The summed E-state index contributed by atoms with van der Waals surface area (Å²) in [6, 6.07) is 19.6. The second-order valence-corrected chi connectivity index (χ2v) is 24.5. The molecule has 0 radical (unpaired) electrons. The number of piperidine rings is 1. The van der Waals surface area contributed by atoms with Gasteiger partial charge in [-0.25, -0.2) is 9.67 Å². The summed E-state index contributed by atoms with van der Waals surface area (Å²) in [6.45, 7) is 13.4. The van der Waals surface area contributed by atoms with E-state index in [1.165, 1.54) is 23.2 Å². The van der Waals surface area contributed by atoms with Gasteiger partial charge in [-0.2, -0.15) is 4.98 Å². The van der Waals surface area contributed by atoms with Crippen molar-refractivity contribution in [1.29, 1.82) is 0 Å². The molecule has 3 aromatic carbocycles. The van der Waals surface area contributed by atoms with Gasteiger partial charge >= 0.3 is 0 Å². The molecule has 6 heterocycles. The quantitative estimate of drug-likeness (QED) is 0.137. The number of carbonyl (C=O) groups excluding carboxylic acids is 2. The van der Waals surface area contributed by atoms with E-state index in [0.717, 1.165) is 127 Å². The molecule has 6 aromatic rings. The van der Waals surface area contributed by atoms with Gasteiger partial charge in [0.15, 0.2) is 0 Å². The van der Waals surface area contributed by atoms with Crippen molar-refractivity contribution in [3.05, 3.63) is 121 Å². The highest BCUT2D eigenvalue weighted by Gasteiger charge is 2.48. The molecule has 2 aliphatic carbocycles. The number of thiazole rings is 1. The standard InChI is InChI=1S/C57H68BrN9O4S/c1-34(37-16-18-40(19-17-37)50-35(2)59-33-72-50)60-52(69)48-29-42(68)31-65(48)54(71)51(56(3,4)5)66-32-45(62-63-66)39-14-12-36(13-15-39)30-64-26-22-38(23-27-64)41-20-21-43-47(28-41)67-46-11-9-10-44(58)49(46)53(70)61-55(67)57(43)24-7-6-8-25-57/h9-11,16-21,28,32-34,36,38-39,42,48,51,68H,6-8,12-15,22-27,29-31H2,1-5H3,(H,60,69)/t34-,36?,39?,42+,48-,51+/m0/s1. The SMILES string of the molecule is Cc1ncsc1-c1ccc([C@H](C)NC(=O)[C@@H]2C[C@@H](O)CN2C(=O)[C@@H](n2cc(C3CCC(CN4CCC(c5ccc6c(c5)-n5c(nc(=O)c7c(Br)cccc75)C65CCCCC5)CC4)CC3)nn2)C(C)(C)C)cc1. The van der Waals surface area contributed by atoms with Crippen LogP contribution in [-0.4, -0.2) is 94.6 Å². The Kier molecular flexibility index (Phi) is 13.4. The molecule has 378 valence electrons. The van der Waals surface area contributed by atoms with Crippen molar-refractivity contribution >= 4 is 50.0 Å². The predicted octanol–water partition coefficient (Wildman–Crippen LogP) is 10.3. The third-order valence-corrected chi connectivity index (χ3v) is 18.7. The van der Waals surface area contributed by atoms with Crippen LogP contribution >= 0.6 is 27.3 Å². The van der Waals surface area contributed by atoms with E-state index in [-0.39, 0.29) is 47.7 Å². The Bertz CT molecular complexity index is 3050. The first-order valence-electron chi connectivity index (χ1n) is 26.5. The van der Waals surface area contributed by atoms with E-state index in [4.69, 9.17) is 10.1 Å². The molecule has 15 heteroatoms. The summed E-state index contributed by atoms with van der Waals surface area (Å²) in [6.07, 6.45) is 13.5. The number of aliphatic hydroxyl groups is 1. The minimum absolute atomic E-state index is 0.0891. The van der Waals surface area contributed by atoms with Crippen LogP contribution in [0.4, 0.5) is 0 Å². The Morgan fingerprint density at radius 1 is 0.958 bits per heavy atom. The lowest BCUT2D eigenvalue weighted by Gasteiger charge is -2.37. The Labute approximate surface area is 435 Å².